The predicted octanol–water partition coefficient (Wildman–Crippen LogP) is 1.10. The number of nitrogens with zero attached hydrogens (tertiary/aromatic N) is 3. The molecule has 0 spiro atoms. The molecule has 0 radical (unpaired) electrons. The normalized spacial score (nSPS) is 23.9. The Labute approximate surface area is 132 Å². The van der Waals surface area contributed by atoms with Crippen molar-refractivity contribution in [2.24, 2.45) is 0 Å². The van der Waals surface area contributed by atoms with Crippen LogP contribution in [0.4, 0.5) is 0 Å². The molecule has 5 nitrogen and oxygen atoms in total. The van der Waals surface area contributed by atoms with Gasteiger partial charge in [-0.1, -0.05) is 6.07 Å². The molecule has 2 fully saturated rings. The molecule has 114 valence electrons. The van der Waals surface area contributed by atoms with Gasteiger partial charge in [0.2, 0.25) is 11.8 Å². The van der Waals surface area contributed by atoms with Crippen molar-refractivity contribution in [2.75, 3.05) is 45.5 Å². The zero-order valence-corrected chi connectivity index (χ0v) is 13.7. The number of hydrogen-bond acceptors (Lipinski definition) is 5. The zero-order valence-electron chi connectivity index (χ0n) is 12.0. The van der Waals surface area contributed by atoms with E-state index in [0.717, 1.165) is 31.1 Å². The Morgan fingerprint density at radius 3 is 2.76 bits per heavy atom. The van der Waals surface area contributed by atoms with Crippen molar-refractivity contribution in [2.45, 2.75) is 5.37 Å². The second-order valence-electron chi connectivity index (χ2n) is 5.38. The molecule has 0 unspecified atom stereocenters. The molecule has 2 saturated heterocycles. The van der Waals surface area contributed by atoms with Gasteiger partial charge < -0.3 is 14.7 Å². The molecule has 2 aliphatic rings. The van der Waals surface area contributed by atoms with E-state index >= 15 is 0 Å². The molecule has 0 bridgehead atoms. The molecule has 1 atom stereocenters. The molecule has 2 amide bonds. The smallest absolute Gasteiger partial charge is 0.242 e. The van der Waals surface area contributed by atoms with Gasteiger partial charge in [-0.25, -0.2) is 0 Å². The average molecular weight is 325 g/mol. The maximum Gasteiger partial charge on any atom is 0.242 e. The van der Waals surface area contributed by atoms with Crippen LogP contribution in [0.1, 0.15) is 10.3 Å². The summed E-state index contributed by atoms with van der Waals surface area (Å²) in [4.78, 5) is 31.5. The fourth-order valence-electron chi connectivity index (χ4n) is 2.59. The van der Waals surface area contributed by atoms with Crippen LogP contribution in [0.2, 0.25) is 0 Å². The lowest BCUT2D eigenvalue weighted by atomic mass is 10.3. The Hall–Kier alpha value is -1.05. The fourth-order valence-corrected chi connectivity index (χ4v) is 4.76. The molecular formula is C14H19N3O2S2. The van der Waals surface area contributed by atoms with E-state index in [0.29, 0.717) is 5.75 Å². The number of thioether (sulfide) groups is 1. The van der Waals surface area contributed by atoms with E-state index in [1.54, 1.807) is 28.0 Å². The number of carbonyl (C=O) groups is 2. The van der Waals surface area contributed by atoms with Crippen molar-refractivity contribution in [1.29, 1.82) is 0 Å². The van der Waals surface area contributed by atoms with Gasteiger partial charge in [0.1, 0.15) is 11.9 Å². The quantitative estimate of drug-likeness (QED) is 0.835. The lowest BCUT2D eigenvalue weighted by Crippen LogP contribution is -2.50. The maximum atomic E-state index is 12.4. The minimum absolute atomic E-state index is 0.00825. The highest BCUT2D eigenvalue weighted by atomic mass is 32.2. The summed E-state index contributed by atoms with van der Waals surface area (Å²) < 4.78 is 0. The number of likely N-dealkylation sites (N-methyl/N-ethyl adjacent to an activating group) is 1. The van der Waals surface area contributed by atoms with Crippen LogP contribution in [-0.2, 0) is 9.59 Å². The number of piperazine rings is 1. The number of thiophene rings is 1. The maximum absolute atomic E-state index is 12.4. The zero-order chi connectivity index (χ0) is 14.8. The molecule has 0 N–H and O–H groups in total. The number of amides is 2. The summed E-state index contributed by atoms with van der Waals surface area (Å²) in [6.45, 7) is 3.53. The van der Waals surface area contributed by atoms with Crippen molar-refractivity contribution in [3.63, 3.8) is 0 Å². The summed E-state index contributed by atoms with van der Waals surface area (Å²) >= 11 is 3.26. The Morgan fingerprint density at radius 1 is 1.33 bits per heavy atom. The SMILES string of the molecule is CN1CCN(C(=O)CN2C(=O)CS[C@H]2c2cccs2)CC1. The van der Waals surface area contributed by atoms with Crippen LogP contribution in [0.25, 0.3) is 0 Å². The second-order valence-corrected chi connectivity index (χ2v) is 7.43. The Kier molecular flexibility index (Phi) is 4.51. The Morgan fingerprint density at radius 2 is 2.10 bits per heavy atom. The molecule has 0 saturated carbocycles. The molecule has 1 aromatic rings. The number of hydrogen-bond donors (Lipinski definition) is 0. The third kappa shape index (κ3) is 3.25. The molecule has 3 rings (SSSR count). The minimum Gasteiger partial charge on any atom is -0.339 e. The Bertz CT molecular complexity index is 512. The molecule has 7 heteroatoms. The van der Waals surface area contributed by atoms with E-state index in [9.17, 15) is 9.59 Å². The first-order valence-electron chi connectivity index (χ1n) is 7.06. The van der Waals surface area contributed by atoms with Gasteiger partial charge in [-0.05, 0) is 18.5 Å². The molecular weight excluding hydrogens is 306 g/mol. The molecule has 1 aromatic heterocycles. The molecule has 0 aliphatic carbocycles. The van der Waals surface area contributed by atoms with Crippen LogP contribution in [-0.4, -0.2) is 72.0 Å². The van der Waals surface area contributed by atoms with Crippen molar-refractivity contribution in [3.05, 3.63) is 22.4 Å². The first-order valence-corrected chi connectivity index (χ1v) is 8.99. The van der Waals surface area contributed by atoms with Crippen LogP contribution >= 0.6 is 23.1 Å². The summed E-state index contributed by atoms with van der Waals surface area (Å²) in [6, 6.07) is 4.03. The second kappa shape index (κ2) is 6.37. The molecule has 21 heavy (non-hydrogen) atoms. The lowest BCUT2D eigenvalue weighted by Gasteiger charge is -2.34. The topological polar surface area (TPSA) is 43.9 Å². The van der Waals surface area contributed by atoms with Gasteiger partial charge >= 0.3 is 0 Å². The molecule has 0 aromatic carbocycles. The highest BCUT2D eigenvalue weighted by molar-refractivity contribution is 8.00. The number of carbonyl (C=O) groups excluding carboxylic acids is 2. The van der Waals surface area contributed by atoms with E-state index in [-0.39, 0.29) is 23.7 Å². The van der Waals surface area contributed by atoms with Crippen molar-refractivity contribution < 1.29 is 9.59 Å². The van der Waals surface area contributed by atoms with E-state index in [2.05, 4.69) is 11.9 Å². The standard InChI is InChI=1S/C14H19N3O2S2/c1-15-4-6-16(7-5-15)12(18)9-17-13(19)10-21-14(17)11-3-2-8-20-11/h2-3,8,14H,4-7,9-10H2,1H3/t14-/m0/s1. The highest BCUT2D eigenvalue weighted by Gasteiger charge is 2.35. The van der Waals surface area contributed by atoms with E-state index in [1.165, 1.54) is 0 Å². The molecule has 2 aliphatic heterocycles. The summed E-state index contributed by atoms with van der Waals surface area (Å²) in [7, 11) is 2.06. The summed E-state index contributed by atoms with van der Waals surface area (Å²) in [6.07, 6.45) is 0. The van der Waals surface area contributed by atoms with Crippen molar-refractivity contribution in [3.8, 4) is 0 Å². The minimum atomic E-state index is 0.00825. The van der Waals surface area contributed by atoms with Crippen LogP contribution < -0.4 is 0 Å². The van der Waals surface area contributed by atoms with Gasteiger partial charge in [-0.2, -0.15) is 0 Å². The van der Waals surface area contributed by atoms with Crippen molar-refractivity contribution in [1.82, 2.24) is 14.7 Å². The third-order valence-corrected chi connectivity index (χ3v) is 6.23. The van der Waals surface area contributed by atoms with E-state index in [4.69, 9.17) is 0 Å². The summed E-state index contributed by atoms with van der Waals surface area (Å²) in [5.41, 5.74) is 0. The van der Waals surface area contributed by atoms with Gasteiger partial charge in [0.25, 0.3) is 0 Å². The van der Waals surface area contributed by atoms with Crippen LogP contribution in [0, 0.1) is 0 Å². The lowest BCUT2D eigenvalue weighted by molar-refractivity contribution is -0.140. The fraction of sp³-hybridized carbons (Fsp3) is 0.571. The summed E-state index contributed by atoms with van der Waals surface area (Å²) in [5.74, 6) is 0.611. The largest absolute Gasteiger partial charge is 0.339 e. The predicted molar refractivity (Wildman–Crippen MR) is 85.3 cm³/mol. The van der Waals surface area contributed by atoms with Crippen LogP contribution in [0.3, 0.4) is 0 Å². The van der Waals surface area contributed by atoms with E-state index in [1.807, 2.05) is 22.4 Å². The third-order valence-electron chi connectivity index (χ3n) is 3.92. The van der Waals surface area contributed by atoms with Crippen LogP contribution in [0.15, 0.2) is 17.5 Å². The van der Waals surface area contributed by atoms with Gasteiger partial charge in [0.05, 0.1) is 5.75 Å². The summed E-state index contributed by atoms with van der Waals surface area (Å²) in [5, 5.41) is 2.02. The van der Waals surface area contributed by atoms with Crippen molar-refractivity contribution >= 4 is 34.9 Å². The highest BCUT2D eigenvalue weighted by Crippen LogP contribution is 2.40. The van der Waals surface area contributed by atoms with E-state index < -0.39 is 0 Å². The monoisotopic (exact) mass is 325 g/mol. The number of rotatable bonds is 3. The first-order chi connectivity index (χ1) is 10.1. The average Bonchev–Trinajstić information content (AvgIpc) is 3.10. The molecule has 3 heterocycles. The van der Waals surface area contributed by atoms with Crippen LogP contribution in [0.5, 0.6) is 0 Å². The van der Waals surface area contributed by atoms with Gasteiger partial charge in [-0.3, -0.25) is 9.59 Å². The first kappa shape index (κ1) is 14.9. The Balaban J connectivity index is 1.64. The van der Waals surface area contributed by atoms with Gasteiger partial charge in [-0.15, -0.1) is 23.1 Å². The van der Waals surface area contributed by atoms with Gasteiger partial charge in [0, 0.05) is 31.1 Å². The van der Waals surface area contributed by atoms with Gasteiger partial charge in [0.15, 0.2) is 0 Å².